The number of rotatable bonds is 6. The molecule has 118 valence electrons. The van der Waals surface area contributed by atoms with E-state index in [2.05, 4.69) is 4.98 Å². The van der Waals surface area contributed by atoms with Gasteiger partial charge in [0, 0.05) is 12.6 Å². The summed E-state index contributed by atoms with van der Waals surface area (Å²) >= 11 is 0. The van der Waals surface area contributed by atoms with E-state index in [0.29, 0.717) is 5.56 Å². The van der Waals surface area contributed by atoms with E-state index >= 15 is 0 Å². The smallest absolute Gasteiger partial charge is 0.338 e. The Bertz CT molecular complexity index is 755. The molecular weight excluding hydrogens is 298 g/mol. The summed E-state index contributed by atoms with van der Waals surface area (Å²) in [5.41, 5.74) is -0.0816. The molecule has 23 heavy (non-hydrogen) atoms. The van der Waals surface area contributed by atoms with Crippen LogP contribution in [0.4, 0.5) is 0 Å². The average molecular weight is 313 g/mol. The molecule has 0 amide bonds. The number of Topliss-reactive ketones (excluding diaryl/α,β-unsaturated/α-hetero) is 1. The van der Waals surface area contributed by atoms with Crippen LogP contribution in [0, 0.1) is 0 Å². The van der Waals surface area contributed by atoms with E-state index in [1.54, 1.807) is 37.3 Å². The molecule has 2 N–H and O–H groups in total. The number of carboxylic acid groups (broad SMARTS) is 2. The molecule has 1 aromatic carbocycles. The fraction of sp³-hybridized carbons (Fsp3) is 0.176. The number of hydrogen-bond acceptors (Lipinski definition) is 4. The number of carbonyl (C=O) groups excluding carboxylic acids is 1. The Morgan fingerprint density at radius 2 is 1.74 bits per heavy atom. The van der Waals surface area contributed by atoms with E-state index in [1.807, 2.05) is 0 Å². The van der Waals surface area contributed by atoms with Gasteiger partial charge in [-0.05, 0) is 17.2 Å². The van der Waals surface area contributed by atoms with Gasteiger partial charge in [0.05, 0.1) is 5.56 Å². The SMILES string of the molecule is CCC(=O)c1nccc(C(C(=O)O)c2ccccc2)c1C(=O)O. The van der Waals surface area contributed by atoms with Gasteiger partial charge in [-0.2, -0.15) is 0 Å². The molecule has 1 unspecified atom stereocenters. The number of carboxylic acids is 2. The molecule has 0 saturated heterocycles. The number of pyridine rings is 1. The van der Waals surface area contributed by atoms with Crippen LogP contribution < -0.4 is 0 Å². The number of ketones is 1. The molecule has 1 heterocycles. The number of aromatic carboxylic acids is 1. The van der Waals surface area contributed by atoms with Crippen molar-refractivity contribution in [2.75, 3.05) is 0 Å². The lowest BCUT2D eigenvalue weighted by Crippen LogP contribution is -2.20. The molecular formula is C17H15NO5. The van der Waals surface area contributed by atoms with Gasteiger partial charge in [0.1, 0.15) is 11.6 Å². The first-order valence-electron chi connectivity index (χ1n) is 7.00. The monoisotopic (exact) mass is 313 g/mol. The predicted octanol–water partition coefficient (Wildman–Crippen LogP) is 2.59. The lowest BCUT2D eigenvalue weighted by molar-refractivity contribution is -0.137. The predicted molar refractivity (Wildman–Crippen MR) is 81.7 cm³/mol. The number of aromatic nitrogens is 1. The molecule has 0 radical (unpaired) electrons. The molecule has 0 spiro atoms. The third-order valence-corrected chi connectivity index (χ3v) is 3.47. The second-order valence-corrected chi connectivity index (χ2v) is 4.89. The minimum Gasteiger partial charge on any atom is -0.481 e. The fourth-order valence-corrected chi connectivity index (χ4v) is 2.42. The number of aliphatic carboxylic acids is 1. The number of benzene rings is 1. The van der Waals surface area contributed by atoms with Gasteiger partial charge in [0.25, 0.3) is 0 Å². The number of carbonyl (C=O) groups is 3. The van der Waals surface area contributed by atoms with Gasteiger partial charge in [-0.25, -0.2) is 4.79 Å². The summed E-state index contributed by atoms with van der Waals surface area (Å²) in [6.07, 6.45) is 1.35. The van der Waals surface area contributed by atoms with Crippen LogP contribution in [0.2, 0.25) is 0 Å². The third-order valence-electron chi connectivity index (χ3n) is 3.47. The standard InChI is InChI=1S/C17H15NO5/c1-2-12(19)15-14(17(22)23)11(8-9-18-15)13(16(20)21)10-6-4-3-5-7-10/h3-9,13H,2H2,1H3,(H,20,21)(H,22,23). The quantitative estimate of drug-likeness (QED) is 0.794. The van der Waals surface area contributed by atoms with Crippen molar-refractivity contribution >= 4 is 17.7 Å². The van der Waals surface area contributed by atoms with Crippen LogP contribution in [0.25, 0.3) is 0 Å². The van der Waals surface area contributed by atoms with Crippen molar-refractivity contribution in [2.45, 2.75) is 19.3 Å². The molecule has 0 aliphatic carbocycles. The summed E-state index contributed by atoms with van der Waals surface area (Å²) in [5.74, 6) is -4.19. The van der Waals surface area contributed by atoms with Crippen LogP contribution in [-0.4, -0.2) is 32.9 Å². The zero-order valence-corrected chi connectivity index (χ0v) is 12.4. The molecule has 1 aromatic heterocycles. The molecule has 0 bridgehead atoms. The minimum atomic E-state index is -1.37. The van der Waals surface area contributed by atoms with Crippen molar-refractivity contribution in [3.63, 3.8) is 0 Å². The van der Waals surface area contributed by atoms with E-state index in [4.69, 9.17) is 0 Å². The summed E-state index contributed by atoms with van der Waals surface area (Å²) in [7, 11) is 0. The molecule has 0 saturated carbocycles. The summed E-state index contributed by atoms with van der Waals surface area (Å²) < 4.78 is 0. The maximum atomic E-state index is 11.9. The number of nitrogens with zero attached hydrogens (tertiary/aromatic N) is 1. The highest BCUT2D eigenvalue weighted by atomic mass is 16.4. The van der Waals surface area contributed by atoms with Crippen molar-refractivity contribution in [1.82, 2.24) is 4.98 Å². The van der Waals surface area contributed by atoms with Gasteiger partial charge in [0.2, 0.25) is 0 Å². The first kappa shape index (κ1) is 16.4. The van der Waals surface area contributed by atoms with Crippen molar-refractivity contribution in [3.8, 4) is 0 Å². The highest BCUT2D eigenvalue weighted by molar-refractivity contribution is 6.06. The highest BCUT2D eigenvalue weighted by Gasteiger charge is 2.30. The van der Waals surface area contributed by atoms with E-state index in [9.17, 15) is 24.6 Å². The largest absolute Gasteiger partial charge is 0.481 e. The Labute approximate surface area is 132 Å². The van der Waals surface area contributed by atoms with Crippen LogP contribution in [0.3, 0.4) is 0 Å². The molecule has 1 atom stereocenters. The van der Waals surface area contributed by atoms with E-state index in [-0.39, 0.29) is 23.2 Å². The Balaban J connectivity index is 2.72. The van der Waals surface area contributed by atoms with Crippen molar-refractivity contribution in [3.05, 3.63) is 65.0 Å². The zero-order chi connectivity index (χ0) is 17.0. The van der Waals surface area contributed by atoms with E-state index in [0.717, 1.165) is 0 Å². The second kappa shape index (κ2) is 6.83. The fourth-order valence-electron chi connectivity index (χ4n) is 2.42. The van der Waals surface area contributed by atoms with Gasteiger partial charge in [-0.15, -0.1) is 0 Å². The van der Waals surface area contributed by atoms with Crippen LogP contribution in [0.15, 0.2) is 42.6 Å². The van der Waals surface area contributed by atoms with Gasteiger partial charge in [-0.1, -0.05) is 37.3 Å². The third kappa shape index (κ3) is 3.26. The van der Waals surface area contributed by atoms with Crippen LogP contribution in [0.5, 0.6) is 0 Å². The molecule has 6 heteroatoms. The summed E-state index contributed by atoms with van der Waals surface area (Å²) in [4.78, 5) is 39.2. The van der Waals surface area contributed by atoms with Gasteiger partial charge >= 0.3 is 11.9 Å². The Morgan fingerprint density at radius 1 is 1.09 bits per heavy atom. The van der Waals surface area contributed by atoms with E-state index < -0.39 is 23.6 Å². The van der Waals surface area contributed by atoms with Crippen LogP contribution in [0.1, 0.15) is 51.2 Å². The first-order chi connectivity index (χ1) is 11.0. The van der Waals surface area contributed by atoms with E-state index in [1.165, 1.54) is 12.3 Å². The molecule has 0 aliphatic heterocycles. The van der Waals surface area contributed by atoms with Crippen molar-refractivity contribution in [1.29, 1.82) is 0 Å². The maximum Gasteiger partial charge on any atom is 0.338 e. The molecule has 0 aliphatic rings. The average Bonchev–Trinajstić information content (AvgIpc) is 2.54. The second-order valence-electron chi connectivity index (χ2n) is 4.89. The summed E-state index contributed by atoms with van der Waals surface area (Å²) in [6, 6.07) is 9.62. The minimum absolute atomic E-state index is 0.0444. The van der Waals surface area contributed by atoms with Crippen LogP contribution in [-0.2, 0) is 4.79 Å². The molecule has 2 rings (SSSR count). The van der Waals surface area contributed by atoms with Gasteiger partial charge in [-0.3, -0.25) is 14.6 Å². The van der Waals surface area contributed by atoms with Crippen molar-refractivity contribution < 1.29 is 24.6 Å². The Hall–Kier alpha value is -3.02. The van der Waals surface area contributed by atoms with Gasteiger partial charge in [0.15, 0.2) is 5.78 Å². The Kier molecular flexibility index (Phi) is 4.85. The first-order valence-corrected chi connectivity index (χ1v) is 7.00. The van der Waals surface area contributed by atoms with Crippen molar-refractivity contribution in [2.24, 2.45) is 0 Å². The van der Waals surface area contributed by atoms with Gasteiger partial charge < -0.3 is 10.2 Å². The highest BCUT2D eigenvalue weighted by Crippen LogP contribution is 2.29. The maximum absolute atomic E-state index is 11.9. The summed E-state index contributed by atoms with van der Waals surface area (Å²) in [6.45, 7) is 1.59. The molecule has 2 aromatic rings. The normalized spacial score (nSPS) is 11.7. The zero-order valence-electron chi connectivity index (χ0n) is 12.4. The van der Waals surface area contributed by atoms with Crippen LogP contribution >= 0.6 is 0 Å². The lowest BCUT2D eigenvalue weighted by Gasteiger charge is -2.17. The topological polar surface area (TPSA) is 105 Å². The lowest BCUT2D eigenvalue weighted by atomic mass is 9.87. The summed E-state index contributed by atoms with van der Waals surface area (Å²) in [5, 5.41) is 19.1. The molecule has 0 fully saturated rings. The molecule has 6 nitrogen and oxygen atoms in total. The Morgan fingerprint density at radius 3 is 2.26 bits per heavy atom. The number of hydrogen-bond donors (Lipinski definition) is 2.